The summed E-state index contributed by atoms with van der Waals surface area (Å²) in [6.45, 7) is 1.88. The minimum atomic E-state index is -0.377. The van der Waals surface area contributed by atoms with Gasteiger partial charge in [0.05, 0.1) is 0 Å². The van der Waals surface area contributed by atoms with E-state index >= 15 is 0 Å². The number of carbonyl (C=O) groups excluding carboxylic acids is 2. The van der Waals surface area contributed by atoms with Gasteiger partial charge in [0.25, 0.3) is 11.5 Å². The van der Waals surface area contributed by atoms with Crippen molar-refractivity contribution in [3.63, 3.8) is 0 Å². The van der Waals surface area contributed by atoms with E-state index in [1.807, 2.05) is 47.4 Å². The largest absolute Gasteiger partial charge is 0.339 e. The topological polar surface area (TPSA) is 73.5 Å². The minimum absolute atomic E-state index is 0.126. The van der Waals surface area contributed by atoms with E-state index in [0.29, 0.717) is 38.1 Å². The second-order valence-corrected chi connectivity index (χ2v) is 7.61. The molecular formula is C24H25N3O3. The lowest BCUT2D eigenvalue weighted by molar-refractivity contribution is -0.132. The number of H-pyrrole nitrogens is 1. The summed E-state index contributed by atoms with van der Waals surface area (Å²) >= 11 is 0. The SMILES string of the molecule is O=C(CCCc1ccccc1)N1CCN(C(=O)c2cc3ccccc3[nH]c2=O)CC1. The number of nitrogens with zero attached hydrogens (tertiary/aromatic N) is 2. The van der Waals surface area contributed by atoms with Crippen LogP contribution >= 0.6 is 0 Å². The molecule has 0 unspecified atom stereocenters. The van der Waals surface area contributed by atoms with Crippen LogP contribution in [0.5, 0.6) is 0 Å². The number of para-hydroxylation sites is 1. The van der Waals surface area contributed by atoms with Crippen LogP contribution < -0.4 is 5.56 Å². The minimum Gasteiger partial charge on any atom is -0.339 e. The Kier molecular flexibility index (Phi) is 5.93. The maximum Gasteiger partial charge on any atom is 0.261 e. The molecule has 0 aliphatic carbocycles. The van der Waals surface area contributed by atoms with Crippen LogP contribution in [-0.2, 0) is 11.2 Å². The molecule has 1 aliphatic rings. The molecule has 2 amide bonds. The summed E-state index contributed by atoms with van der Waals surface area (Å²) in [4.78, 5) is 44.0. The Morgan fingerprint density at radius 2 is 1.53 bits per heavy atom. The van der Waals surface area contributed by atoms with Crippen molar-refractivity contribution in [1.29, 1.82) is 0 Å². The van der Waals surface area contributed by atoms with E-state index in [4.69, 9.17) is 0 Å². The number of nitrogens with one attached hydrogen (secondary N) is 1. The van der Waals surface area contributed by atoms with Crippen LogP contribution in [0, 0.1) is 0 Å². The quantitative estimate of drug-likeness (QED) is 0.712. The molecule has 30 heavy (non-hydrogen) atoms. The molecule has 0 spiro atoms. The van der Waals surface area contributed by atoms with Crippen LogP contribution in [0.25, 0.3) is 10.9 Å². The number of aromatic amines is 1. The highest BCUT2D eigenvalue weighted by molar-refractivity contribution is 5.97. The van der Waals surface area contributed by atoms with Crippen LogP contribution in [-0.4, -0.2) is 52.8 Å². The summed E-state index contributed by atoms with van der Waals surface area (Å²) in [6.07, 6.45) is 2.21. The van der Waals surface area contributed by atoms with Crippen LogP contribution in [0.3, 0.4) is 0 Å². The van der Waals surface area contributed by atoms with E-state index in [-0.39, 0.29) is 22.9 Å². The van der Waals surface area contributed by atoms with Crippen molar-refractivity contribution in [1.82, 2.24) is 14.8 Å². The van der Waals surface area contributed by atoms with Gasteiger partial charge in [0, 0.05) is 38.1 Å². The summed E-state index contributed by atoms with van der Waals surface area (Å²) in [7, 11) is 0. The number of fused-ring (bicyclic) bond motifs is 1. The van der Waals surface area contributed by atoms with Gasteiger partial charge in [-0.1, -0.05) is 48.5 Å². The molecule has 2 heterocycles. The lowest BCUT2D eigenvalue weighted by atomic mass is 10.1. The maximum absolute atomic E-state index is 12.9. The highest BCUT2D eigenvalue weighted by atomic mass is 16.2. The zero-order valence-corrected chi connectivity index (χ0v) is 16.8. The highest BCUT2D eigenvalue weighted by Crippen LogP contribution is 2.14. The molecule has 1 fully saturated rings. The molecule has 1 aliphatic heterocycles. The molecule has 0 bridgehead atoms. The summed E-state index contributed by atoms with van der Waals surface area (Å²) in [5, 5.41) is 0.827. The Morgan fingerprint density at radius 3 is 2.30 bits per heavy atom. The Morgan fingerprint density at radius 1 is 0.867 bits per heavy atom. The van der Waals surface area contributed by atoms with Gasteiger partial charge >= 0.3 is 0 Å². The van der Waals surface area contributed by atoms with E-state index in [0.717, 1.165) is 18.2 Å². The van der Waals surface area contributed by atoms with Crippen molar-refractivity contribution in [2.24, 2.45) is 0 Å². The Labute approximate surface area is 175 Å². The zero-order valence-electron chi connectivity index (χ0n) is 16.8. The standard InChI is InChI=1S/C24H25N3O3/c28-22(12-6-9-18-7-2-1-3-8-18)26-13-15-27(16-14-26)24(30)20-17-19-10-4-5-11-21(19)25-23(20)29/h1-5,7-8,10-11,17H,6,9,12-16H2,(H,25,29). The van der Waals surface area contributed by atoms with Crippen molar-refractivity contribution >= 4 is 22.7 Å². The Bertz CT molecular complexity index is 1100. The maximum atomic E-state index is 12.9. The fourth-order valence-corrected chi connectivity index (χ4v) is 3.88. The van der Waals surface area contributed by atoms with E-state index in [1.54, 1.807) is 11.0 Å². The molecule has 154 valence electrons. The highest BCUT2D eigenvalue weighted by Gasteiger charge is 2.26. The van der Waals surface area contributed by atoms with Crippen LogP contribution in [0.15, 0.2) is 65.5 Å². The summed E-state index contributed by atoms with van der Waals surface area (Å²) in [5.74, 6) is -0.153. The van der Waals surface area contributed by atoms with Crippen LogP contribution in [0.1, 0.15) is 28.8 Å². The number of hydrogen-bond acceptors (Lipinski definition) is 3. The van der Waals surface area contributed by atoms with Gasteiger partial charge in [-0.15, -0.1) is 0 Å². The number of rotatable bonds is 5. The first-order chi connectivity index (χ1) is 14.6. The van der Waals surface area contributed by atoms with Crippen molar-refractivity contribution in [2.45, 2.75) is 19.3 Å². The van der Waals surface area contributed by atoms with Gasteiger partial charge in [0.2, 0.25) is 5.91 Å². The number of aromatic nitrogens is 1. The first-order valence-corrected chi connectivity index (χ1v) is 10.3. The fraction of sp³-hybridized carbons (Fsp3) is 0.292. The lowest BCUT2D eigenvalue weighted by Crippen LogP contribution is -2.51. The number of piperazine rings is 1. The molecule has 3 aromatic rings. The van der Waals surface area contributed by atoms with Gasteiger partial charge in [-0.05, 0) is 35.9 Å². The fourth-order valence-electron chi connectivity index (χ4n) is 3.88. The smallest absolute Gasteiger partial charge is 0.261 e. The second-order valence-electron chi connectivity index (χ2n) is 7.61. The first kappa shape index (κ1) is 19.9. The molecule has 0 saturated carbocycles. The van der Waals surface area contributed by atoms with Gasteiger partial charge in [0.15, 0.2) is 0 Å². The molecular weight excluding hydrogens is 378 g/mol. The zero-order chi connectivity index (χ0) is 20.9. The molecule has 1 aromatic heterocycles. The average molecular weight is 403 g/mol. The molecule has 0 radical (unpaired) electrons. The lowest BCUT2D eigenvalue weighted by Gasteiger charge is -2.34. The van der Waals surface area contributed by atoms with Crippen LogP contribution in [0.4, 0.5) is 0 Å². The molecule has 2 aromatic carbocycles. The molecule has 6 nitrogen and oxygen atoms in total. The third-order valence-corrected chi connectivity index (χ3v) is 5.60. The summed E-state index contributed by atoms with van der Waals surface area (Å²) in [6, 6.07) is 19.2. The Balaban J connectivity index is 1.32. The van der Waals surface area contributed by atoms with Gasteiger partial charge < -0.3 is 14.8 Å². The number of aryl methyl sites for hydroxylation is 1. The third-order valence-electron chi connectivity index (χ3n) is 5.60. The molecule has 6 heteroatoms. The van der Waals surface area contributed by atoms with E-state index in [1.165, 1.54) is 5.56 Å². The van der Waals surface area contributed by atoms with Gasteiger partial charge in [-0.25, -0.2) is 0 Å². The van der Waals surface area contributed by atoms with Crippen molar-refractivity contribution in [3.8, 4) is 0 Å². The van der Waals surface area contributed by atoms with Crippen molar-refractivity contribution in [2.75, 3.05) is 26.2 Å². The summed E-state index contributed by atoms with van der Waals surface area (Å²) in [5.41, 5.74) is 1.72. The normalized spacial score (nSPS) is 14.1. The number of carbonyl (C=O) groups is 2. The van der Waals surface area contributed by atoms with Crippen molar-refractivity contribution in [3.05, 3.63) is 82.1 Å². The van der Waals surface area contributed by atoms with Gasteiger partial charge in [-0.2, -0.15) is 0 Å². The van der Waals surface area contributed by atoms with Gasteiger partial charge in [-0.3, -0.25) is 14.4 Å². The Hall–Kier alpha value is -3.41. The molecule has 0 atom stereocenters. The molecule has 4 rings (SSSR count). The van der Waals surface area contributed by atoms with E-state index < -0.39 is 0 Å². The van der Waals surface area contributed by atoms with E-state index in [2.05, 4.69) is 17.1 Å². The number of amides is 2. The number of benzene rings is 2. The molecule has 1 N–H and O–H groups in total. The average Bonchev–Trinajstić information content (AvgIpc) is 2.79. The number of pyridine rings is 1. The predicted octanol–water partition coefficient (Wildman–Crippen LogP) is 2.84. The summed E-state index contributed by atoms with van der Waals surface area (Å²) < 4.78 is 0. The monoisotopic (exact) mass is 403 g/mol. The number of hydrogen-bond donors (Lipinski definition) is 1. The first-order valence-electron chi connectivity index (χ1n) is 10.3. The molecule has 1 saturated heterocycles. The predicted molar refractivity (Wildman–Crippen MR) is 116 cm³/mol. The van der Waals surface area contributed by atoms with Crippen molar-refractivity contribution < 1.29 is 9.59 Å². The third kappa shape index (κ3) is 4.43. The second kappa shape index (κ2) is 8.95. The van der Waals surface area contributed by atoms with E-state index in [9.17, 15) is 14.4 Å². The van der Waals surface area contributed by atoms with Gasteiger partial charge in [0.1, 0.15) is 5.56 Å². The van der Waals surface area contributed by atoms with Crippen LogP contribution in [0.2, 0.25) is 0 Å².